The van der Waals surface area contributed by atoms with Crippen molar-refractivity contribution in [2.75, 3.05) is 6.61 Å². The molecule has 3 aromatic rings. The number of carbonyl (C=O) groups is 1. The first-order valence-electron chi connectivity index (χ1n) is 7.84. The summed E-state index contributed by atoms with van der Waals surface area (Å²) in [6, 6.07) is 23.4. The Morgan fingerprint density at radius 2 is 1.54 bits per heavy atom. The molecule has 5 heteroatoms. The zero-order valence-corrected chi connectivity index (χ0v) is 14.4. The van der Waals surface area contributed by atoms with Gasteiger partial charge in [0.15, 0.2) is 6.61 Å². The number of benzene rings is 3. The molecule has 0 aliphatic carbocycles. The van der Waals surface area contributed by atoms with Crippen molar-refractivity contribution in [1.29, 1.82) is 5.26 Å². The van der Waals surface area contributed by atoms with Crippen molar-refractivity contribution in [2.24, 2.45) is 0 Å². The number of esters is 1. The molecule has 0 aromatic heterocycles. The Kier molecular flexibility index (Phi) is 5.52. The Balaban J connectivity index is 1.59. The molecule has 0 spiro atoms. The number of halogens is 1. The second kappa shape index (κ2) is 8.19. The van der Waals surface area contributed by atoms with E-state index in [2.05, 4.69) is 6.07 Å². The lowest BCUT2D eigenvalue weighted by molar-refractivity contribution is -0.136. The molecule has 0 heterocycles. The van der Waals surface area contributed by atoms with Crippen LogP contribution in [0.1, 0.15) is 5.56 Å². The number of ether oxygens (including phenoxy) is 2. The van der Waals surface area contributed by atoms with Gasteiger partial charge in [-0.1, -0.05) is 48.0 Å². The van der Waals surface area contributed by atoms with Crippen LogP contribution < -0.4 is 9.47 Å². The average molecular weight is 364 g/mol. The largest absolute Gasteiger partial charge is 0.480 e. The summed E-state index contributed by atoms with van der Waals surface area (Å²) in [5.41, 5.74) is 2.54. The van der Waals surface area contributed by atoms with E-state index in [0.29, 0.717) is 22.1 Å². The molecule has 0 unspecified atom stereocenters. The fraction of sp³-hybridized carbons (Fsp3) is 0.0476. The van der Waals surface area contributed by atoms with E-state index in [1.165, 1.54) is 0 Å². The van der Waals surface area contributed by atoms with E-state index < -0.39 is 5.97 Å². The molecule has 0 bridgehead atoms. The van der Waals surface area contributed by atoms with Crippen LogP contribution in [-0.4, -0.2) is 12.6 Å². The second-order valence-corrected chi connectivity index (χ2v) is 5.81. The maximum atomic E-state index is 11.9. The minimum atomic E-state index is -0.518. The topological polar surface area (TPSA) is 59.3 Å². The molecular weight excluding hydrogens is 350 g/mol. The molecule has 0 atom stereocenters. The lowest BCUT2D eigenvalue weighted by Gasteiger charge is -2.08. The first-order chi connectivity index (χ1) is 12.7. The zero-order chi connectivity index (χ0) is 18.4. The Bertz CT molecular complexity index is 944. The van der Waals surface area contributed by atoms with Crippen LogP contribution in [0.4, 0.5) is 0 Å². The molecule has 0 aliphatic rings. The fourth-order valence-corrected chi connectivity index (χ4v) is 2.50. The summed E-state index contributed by atoms with van der Waals surface area (Å²) in [5, 5.41) is 9.27. The van der Waals surface area contributed by atoms with E-state index in [1.807, 2.05) is 24.3 Å². The summed E-state index contributed by atoms with van der Waals surface area (Å²) in [7, 11) is 0. The van der Waals surface area contributed by atoms with Gasteiger partial charge in [0.1, 0.15) is 11.5 Å². The number of nitriles is 1. The monoisotopic (exact) mass is 363 g/mol. The Morgan fingerprint density at radius 3 is 2.15 bits per heavy atom. The van der Waals surface area contributed by atoms with Gasteiger partial charge in [-0.15, -0.1) is 0 Å². The van der Waals surface area contributed by atoms with Crippen molar-refractivity contribution in [3.8, 4) is 28.7 Å². The van der Waals surface area contributed by atoms with E-state index in [0.717, 1.165) is 11.1 Å². The first kappa shape index (κ1) is 17.5. The van der Waals surface area contributed by atoms with E-state index in [1.54, 1.807) is 48.5 Å². The summed E-state index contributed by atoms with van der Waals surface area (Å²) in [5.74, 6) is 0.341. The lowest BCUT2D eigenvalue weighted by Crippen LogP contribution is -2.17. The summed E-state index contributed by atoms with van der Waals surface area (Å²) < 4.78 is 10.6. The maximum Gasteiger partial charge on any atom is 0.349 e. The second-order valence-electron chi connectivity index (χ2n) is 5.41. The van der Waals surface area contributed by atoms with Crippen LogP contribution in [0.5, 0.6) is 11.5 Å². The normalized spacial score (nSPS) is 10.0. The standard InChI is InChI=1S/C21H14ClNO3/c22-19-3-1-2-4-20(19)25-14-21(24)26-18-11-9-17(10-12-18)16-7-5-15(13-23)6-8-16/h1-12H,14H2. The van der Waals surface area contributed by atoms with E-state index in [4.69, 9.17) is 26.3 Å². The lowest BCUT2D eigenvalue weighted by atomic mass is 10.0. The minimum absolute atomic E-state index is 0.235. The van der Waals surface area contributed by atoms with Gasteiger partial charge in [0.25, 0.3) is 0 Å². The Morgan fingerprint density at radius 1 is 0.923 bits per heavy atom. The Hall–Kier alpha value is -3.29. The van der Waals surface area contributed by atoms with Gasteiger partial charge in [0, 0.05) is 0 Å². The highest BCUT2D eigenvalue weighted by Crippen LogP contribution is 2.24. The molecule has 4 nitrogen and oxygen atoms in total. The van der Waals surface area contributed by atoms with Crippen molar-refractivity contribution in [2.45, 2.75) is 0 Å². The van der Waals surface area contributed by atoms with Crippen molar-refractivity contribution < 1.29 is 14.3 Å². The van der Waals surface area contributed by atoms with Gasteiger partial charge < -0.3 is 9.47 Å². The number of para-hydroxylation sites is 1. The molecule has 3 rings (SSSR count). The van der Waals surface area contributed by atoms with Gasteiger partial charge in [0.2, 0.25) is 0 Å². The maximum absolute atomic E-state index is 11.9. The number of rotatable bonds is 5. The van der Waals surface area contributed by atoms with Crippen LogP contribution in [0.2, 0.25) is 5.02 Å². The van der Waals surface area contributed by atoms with E-state index in [9.17, 15) is 4.79 Å². The predicted molar refractivity (Wildman–Crippen MR) is 99.2 cm³/mol. The third-order valence-corrected chi connectivity index (χ3v) is 3.93. The van der Waals surface area contributed by atoms with Crippen LogP contribution in [0.15, 0.2) is 72.8 Å². The van der Waals surface area contributed by atoms with Crippen LogP contribution >= 0.6 is 11.6 Å². The number of carbonyl (C=O) groups excluding carboxylic acids is 1. The minimum Gasteiger partial charge on any atom is -0.480 e. The highest BCUT2D eigenvalue weighted by Gasteiger charge is 2.08. The predicted octanol–water partition coefficient (Wildman–Crippen LogP) is 4.86. The molecular formula is C21H14ClNO3. The van der Waals surface area contributed by atoms with Crippen molar-refractivity contribution in [1.82, 2.24) is 0 Å². The molecule has 0 fully saturated rings. The third-order valence-electron chi connectivity index (χ3n) is 3.62. The van der Waals surface area contributed by atoms with Gasteiger partial charge in [0.05, 0.1) is 16.7 Å². The highest BCUT2D eigenvalue weighted by molar-refractivity contribution is 6.32. The van der Waals surface area contributed by atoms with Crippen molar-refractivity contribution in [3.05, 3.63) is 83.4 Å². The summed E-state index contributed by atoms with van der Waals surface area (Å²) in [6.45, 7) is -0.235. The number of nitrogens with zero attached hydrogens (tertiary/aromatic N) is 1. The van der Waals surface area contributed by atoms with Gasteiger partial charge >= 0.3 is 5.97 Å². The van der Waals surface area contributed by atoms with Gasteiger partial charge in [-0.3, -0.25) is 0 Å². The zero-order valence-electron chi connectivity index (χ0n) is 13.7. The summed E-state index contributed by atoms with van der Waals surface area (Å²) in [4.78, 5) is 11.9. The molecule has 0 aliphatic heterocycles. The van der Waals surface area contributed by atoms with Gasteiger partial charge in [-0.05, 0) is 47.5 Å². The smallest absolute Gasteiger partial charge is 0.349 e. The van der Waals surface area contributed by atoms with Gasteiger partial charge in [-0.2, -0.15) is 5.26 Å². The fourth-order valence-electron chi connectivity index (χ4n) is 2.31. The SMILES string of the molecule is N#Cc1ccc(-c2ccc(OC(=O)COc3ccccc3Cl)cc2)cc1. The summed E-state index contributed by atoms with van der Waals surface area (Å²) >= 11 is 5.97. The van der Waals surface area contributed by atoms with Crippen molar-refractivity contribution in [3.63, 3.8) is 0 Å². The van der Waals surface area contributed by atoms with E-state index in [-0.39, 0.29) is 6.61 Å². The molecule has 3 aromatic carbocycles. The Labute approximate surface area is 156 Å². The number of hydrogen-bond acceptors (Lipinski definition) is 4. The van der Waals surface area contributed by atoms with Gasteiger partial charge in [-0.25, -0.2) is 4.79 Å². The van der Waals surface area contributed by atoms with Crippen LogP contribution in [-0.2, 0) is 4.79 Å². The molecule has 0 radical (unpaired) electrons. The number of hydrogen-bond donors (Lipinski definition) is 0. The average Bonchev–Trinajstić information content (AvgIpc) is 2.68. The van der Waals surface area contributed by atoms with Crippen LogP contribution in [0.25, 0.3) is 11.1 Å². The van der Waals surface area contributed by atoms with Crippen molar-refractivity contribution >= 4 is 17.6 Å². The molecule has 128 valence electrons. The molecule has 0 amide bonds. The molecule has 0 N–H and O–H groups in total. The first-order valence-corrected chi connectivity index (χ1v) is 8.22. The summed E-state index contributed by atoms with van der Waals surface area (Å²) in [6.07, 6.45) is 0. The quantitative estimate of drug-likeness (QED) is 0.479. The molecule has 0 saturated heterocycles. The van der Waals surface area contributed by atoms with E-state index >= 15 is 0 Å². The van der Waals surface area contributed by atoms with Crippen LogP contribution in [0, 0.1) is 11.3 Å². The molecule has 26 heavy (non-hydrogen) atoms. The molecule has 0 saturated carbocycles. The van der Waals surface area contributed by atoms with Crippen LogP contribution in [0.3, 0.4) is 0 Å². The highest BCUT2D eigenvalue weighted by atomic mass is 35.5. The third kappa shape index (κ3) is 4.41.